The molecule has 6 nitrogen and oxygen atoms in total. The third kappa shape index (κ3) is 3.26. The summed E-state index contributed by atoms with van der Waals surface area (Å²) >= 11 is 0. The molecule has 0 bridgehead atoms. The number of hydrogen-bond donors (Lipinski definition) is 1. The number of nitrogens with zero attached hydrogens (tertiary/aromatic N) is 2. The van der Waals surface area contributed by atoms with Crippen LogP contribution in [0, 0.1) is 0 Å². The van der Waals surface area contributed by atoms with Gasteiger partial charge in [0.2, 0.25) is 0 Å². The zero-order valence-corrected chi connectivity index (χ0v) is 11.8. The van der Waals surface area contributed by atoms with Crippen molar-refractivity contribution in [1.82, 2.24) is 15.1 Å². The van der Waals surface area contributed by atoms with E-state index >= 15 is 0 Å². The number of ether oxygens (including phenoxy) is 1. The first-order valence-corrected chi connectivity index (χ1v) is 6.68. The lowest BCUT2D eigenvalue weighted by Gasteiger charge is -2.24. The fourth-order valence-corrected chi connectivity index (χ4v) is 2.13. The van der Waals surface area contributed by atoms with Gasteiger partial charge in [0.15, 0.2) is 0 Å². The van der Waals surface area contributed by atoms with Crippen molar-refractivity contribution in [2.45, 2.75) is 25.2 Å². The summed E-state index contributed by atoms with van der Waals surface area (Å²) in [5.41, 5.74) is 1.51. The Morgan fingerprint density at radius 3 is 2.90 bits per heavy atom. The number of carbonyl (C=O) groups is 2. The Hall–Kier alpha value is -2.11. The molecule has 108 valence electrons. The quantitative estimate of drug-likeness (QED) is 0.647. The minimum atomic E-state index is -0.434. The highest BCUT2D eigenvalue weighted by Crippen LogP contribution is 2.36. The molecule has 0 unspecified atom stereocenters. The molecule has 1 aromatic heterocycles. The van der Waals surface area contributed by atoms with Crippen LogP contribution >= 0.6 is 0 Å². The van der Waals surface area contributed by atoms with Crippen molar-refractivity contribution in [3.63, 3.8) is 0 Å². The number of hydrogen-bond acceptors (Lipinski definition) is 4. The van der Waals surface area contributed by atoms with Gasteiger partial charge in [0.05, 0.1) is 18.4 Å². The minimum absolute atomic E-state index is 0.158. The van der Waals surface area contributed by atoms with Gasteiger partial charge in [-0.15, -0.1) is 0 Å². The predicted molar refractivity (Wildman–Crippen MR) is 73.3 cm³/mol. The van der Waals surface area contributed by atoms with Gasteiger partial charge < -0.3 is 10.1 Å². The molecule has 1 amide bonds. The fourth-order valence-electron chi connectivity index (χ4n) is 2.13. The third-order valence-electron chi connectivity index (χ3n) is 3.43. The van der Waals surface area contributed by atoms with Crippen LogP contribution in [-0.4, -0.2) is 35.3 Å². The summed E-state index contributed by atoms with van der Waals surface area (Å²) in [6.45, 7) is 0.285. The second-order valence-electron chi connectivity index (χ2n) is 4.87. The van der Waals surface area contributed by atoms with E-state index in [9.17, 15) is 9.59 Å². The topological polar surface area (TPSA) is 73.2 Å². The molecule has 1 N–H and O–H groups in total. The lowest BCUT2D eigenvalue weighted by atomic mass is 9.81. The zero-order chi connectivity index (χ0) is 14.5. The van der Waals surface area contributed by atoms with Crippen LogP contribution in [0.1, 0.15) is 41.2 Å². The maximum atomic E-state index is 12.1. The van der Waals surface area contributed by atoms with Crippen molar-refractivity contribution < 1.29 is 14.3 Å². The Morgan fingerprint density at radius 2 is 2.30 bits per heavy atom. The molecule has 0 radical (unpaired) electrons. The molecule has 0 saturated heterocycles. The standard InChI is InChI=1S/C14H19N3O3/c1-17-9-11(13(16-17)10-5-3-6-10)14(19)15-8-4-7-12(18)20-2/h4,7,9-10H,3,5-6,8H2,1-2H3,(H,15,19)/b7-4+. The minimum Gasteiger partial charge on any atom is -0.466 e. The van der Waals surface area contributed by atoms with Crippen LogP contribution in [0.4, 0.5) is 0 Å². The molecule has 1 aromatic rings. The normalized spacial score (nSPS) is 15.1. The first kappa shape index (κ1) is 14.3. The molecule has 1 heterocycles. The molecule has 0 spiro atoms. The molecular formula is C14H19N3O3. The van der Waals surface area contributed by atoms with E-state index in [2.05, 4.69) is 15.2 Å². The Labute approximate surface area is 117 Å². The maximum Gasteiger partial charge on any atom is 0.330 e. The van der Waals surface area contributed by atoms with Crippen LogP contribution in [0.5, 0.6) is 0 Å². The largest absolute Gasteiger partial charge is 0.466 e. The van der Waals surface area contributed by atoms with E-state index in [0.717, 1.165) is 18.5 Å². The Morgan fingerprint density at radius 1 is 1.55 bits per heavy atom. The van der Waals surface area contributed by atoms with Gasteiger partial charge in [0.25, 0.3) is 5.91 Å². The summed E-state index contributed by atoms with van der Waals surface area (Å²) < 4.78 is 6.14. The molecule has 1 fully saturated rings. The summed E-state index contributed by atoms with van der Waals surface area (Å²) in [5, 5.41) is 7.14. The van der Waals surface area contributed by atoms with Gasteiger partial charge in [0.1, 0.15) is 0 Å². The second kappa shape index (κ2) is 6.36. The molecule has 2 rings (SSSR count). The number of amides is 1. The number of nitrogens with one attached hydrogen (secondary N) is 1. The van der Waals surface area contributed by atoms with Crippen LogP contribution < -0.4 is 5.32 Å². The van der Waals surface area contributed by atoms with Crippen molar-refractivity contribution in [2.75, 3.05) is 13.7 Å². The number of methoxy groups -OCH3 is 1. The summed E-state index contributed by atoms with van der Waals surface area (Å²) in [7, 11) is 3.13. The molecule has 0 aromatic carbocycles. The van der Waals surface area contributed by atoms with E-state index in [0.29, 0.717) is 11.5 Å². The first-order valence-electron chi connectivity index (χ1n) is 6.68. The van der Waals surface area contributed by atoms with Crippen LogP contribution in [0.2, 0.25) is 0 Å². The lowest BCUT2D eigenvalue weighted by molar-refractivity contribution is -0.134. The third-order valence-corrected chi connectivity index (χ3v) is 3.43. The lowest BCUT2D eigenvalue weighted by Crippen LogP contribution is -2.25. The van der Waals surface area contributed by atoms with Crippen molar-refractivity contribution in [3.05, 3.63) is 29.6 Å². The van der Waals surface area contributed by atoms with Crippen molar-refractivity contribution >= 4 is 11.9 Å². The SMILES string of the molecule is COC(=O)/C=C/CNC(=O)c1cn(C)nc1C1CCC1. The maximum absolute atomic E-state index is 12.1. The molecule has 0 atom stereocenters. The predicted octanol–water partition coefficient (Wildman–Crippen LogP) is 1.15. The summed E-state index contributed by atoms with van der Waals surface area (Å²) in [6.07, 6.45) is 7.98. The molecule has 1 aliphatic carbocycles. The van der Waals surface area contributed by atoms with Gasteiger partial charge in [-0.05, 0) is 12.8 Å². The number of carbonyl (C=O) groups excluding carboxylic acids is 2. The summed E-state index contributed by atoms with van der Waals surface area (Å²) in [6, 6.07) is 0. The van der Waals surface area contributed by atoms with E-state index in [1.54, 1.807) is 17.0 Å². The Kier molecular flexibility index (Phi) is 4.55. The van der Waals surface area contributed by atoms with E-state index in [4.69, 9.17) is 0 Å². The van der Waals surface area contributed by atoms with E-state index in [1.165, 1.54) is 19.6 Å². The van der Waals surface area contributed by atoms with Crippen molar-refractivity contribution in [3.8, 4) is 0 Å². The number of rotatable bonds is 5. The average molecular weight is 277 g/mol. The molecular weight excluding hydrogens is 258 g/mol. The summed E-state index contributed by atoms with van der Waals surface area (Å²) in [4.78, 5) is 23.0. The molecule has 1 saturated carbocycles. The molecule has 1 aliphatic rings. The van der Waals surface area contributed by atoms with Crippen molar-refractivity contribution in [1.29, 1.82) is 0 Å². The average Bonchev–Trinajstić information content (AvgIpc) is 2.73. The fraction of sp³-hybridized carbons (Fsp3) is 0.500. The Balaban J connectivity index is 1.95. The number of aromatic nitrogens is 2. The number of esters is 1. The highest BCUT2D eigenvalue weighted by atomic mass is 16.5. The van der Waals surface area contributed by atoms with E-state index in [1.807, 2.05) is 7.05 Å². The van der Waals surface area contributed by atoms with Gasteiger partial charge in [-0.3, -0.25) is 9.48 Å². The van der Waals surface area contributed by atoms with Gasteiger partial charge in [-0.1, -0.05) is 12.5 Å². The Bertz CT molecular complexity index is 530. The zero-order valence-electron chi connectivity index (χ0n) is 11.8. The molecule has 6 heteroatoms. The number of aryl methyl sites for hydroxylation is 1. The first-order chi connectivity index (χ1) is 9.61. The van der Waals surface area contributed by atoms with Crippen molar-refractivity contribution in [2.24, 2.45) is 7.05 Å². The highest BCUT2D eigenvalue weighted by molar-refractivity contribution is 5.95. The van der Waals surface area contributed by atoms with Crippen LogP contribution in [0.15, 0.2) is 18.3 Å². The molecule has 20 heavy (non-hydrogen) atoms. The van der Waals surface area contributed by atoms with E-state index in [-0.39, 0.29) is 12.5 Å². The van der Waals surface area contributed by atoms with Crippen LogP contribution in [0.3, 0.4) is 0 Å². The molecule has 0 aliphatic heterocycles. The van der Waals surface area contributed by atoms with Gasteiger partial charge in [-0.2, -0.15) is 5.10 Å². The summed E-state index contributed by atoms with van der Waals surface area (Å²) in [5.74, 6) is -0.187. The monoisotopic (exact) mass is 277 g/mol. The van der Waals surface area contributed by atoms with Gasteiger partial charge >= 0.3 is 5.97 Å². The van der Waals surface area contributed by atoms with Crippen LogP contribution in [-0.2, 0) is 16.6 Å². The smallest absolute Gasteiger partial charge is 0.330 e. The van der Waals surface area contributed by atoms with Gasteiger partial charge in [0, 0.05) is 31.8 Å². The van der Waals surface area contributed by atoms with Crippen LogP contribution in [0.25, 0.3) is 0 Å². The second-order valence-corrected chi connectivity index (χ2v) is 4.87. The van der Waals surface area contributed by atoms with E-state index < -0.39 is 5.97 Å². The highest BCUT2D eigenvalue weighted by Gasteiger charge is 2.27. The van der Waals surface area contributed by atoms with Gasteiger partial charge in [-0.25, -0.2) is 4.79 Å².